The second-order valence-corrected chi connectivity index (χ2v) is 5.87. The average molecular weight is 387 g/mol. The first-order valence-electron chi connectivity index (χ1n) is 5.50. The van der Waals surface area contributed by atoms with Crippen molar-refractivity contribution in [1.82, 2.24) is 0 Å². The molecule has 0 radical (unpaired) electrons. The fourth-order valence-corrected chi connectivity index (χ4v) is 2.31. The molecule has 2 nitrogen and oxygen atoms in total. The highest BCUT2D eigenvalue weighted by molar-refractivity contribution is 9.10. The van der Waals surface area contributed by atoms with Crippen molar-refractivity contribution in [3.63, 3.8) is 0 Å². The number of amides is 1. The van der Waals surface area contributed by atoms with Gasteiger partial charge in [-0.05, 0) is 42.8 Å². The summed E-state index contributed by atoms with van der Waals surface area (Å²) in [6, 6.07) is 9.89. The third kappa shape index (κ3) is 3.42. The molecular weight excluding hydrogens is 377 g/mol. The molecule has 0 spiro atoms. The number of halogens is 3. The zero-order chi connectivity index (χ0) is 14.0. The maximum Gasteiger partial charge on any atom is 0.256 e. The van der Waals surface area contributed by atoms with Crippen LogP contribution in [0.2, 0.25) is 0 Å². The molecule has 0 aliphatic heterocycles. The van der Waals surface area contributed by atoms with Gasteiger partial charge in [0.1, 0.15) is 5.82 Å². The molecule has 2 aromatic rings. The molecule has 0 aliphatic carbocycles. The van der Waals surface area contributed by atoms with E-state index in [4.69, 9.17) is 0 Å². The Balaban J connectivity index is 2.28. The molecule has 5 heteroatoms. The smallest absolute Gasteiger partial charge is 0.256 e. The van der Waals surface area contributed by atoms with Crippen LogP contribution in [-0.2, 0) is 0 Å². The molecule has 2 aromatic carbocycles. The van der Waals surface area contributed by atoms with E-state index in [-0.39, 0.29) is 11.6 Å². The summed E-state index contributed by atoms with van der Waals surface area (Å²) in [5.74, 6) is -0.810. The maximum absolute atomic E-state index is 13.7. The van der Waals surface area contributed by atoms with Gasteiger partial charge in [0.05, 0.1) is 5.69 Å². The lowest BCUT2D eigenvalue weighted by Gasteiger charge is -2.09. The quantitative estimate of drug-likeness (QED) is 0.780. The van der Waals surface area contributed by atoms with Crippen molar-refractivity contribution in [2.24, 2.45) is 0 Å². The summed E-state index contributed by atoms with van der Waals surface area (Å²) in [7, 11) is 0. The van der Waals surface area contributed by atoms with Crippen LogP contribution < -0.4 is 5.32 Å². The molecule has 1 N–H and O–H groups in total. The fraction of sp³-hybridized carbons (Fsp3) is 0.0714. The maximum atomic E-state index is 13.7. The molecule has 0 saturated heterocycles. The zero-order valence-electron chi connectivity index (χ0n) is 10.0. The Hall–Kier alpha value is -1.20. The highest BCUT2D eigenvalue weighted by atomic mass is 79.9. The summed E-state index contributed by atoms with van der Waals surface area (Å²) in [5, 5.41) is 2.57. The van der Waals surface area contributed by atoms with E-state index >= 15 is 0 Å². The minimum absolute atomic E-state index is 0.160. The zero-order valence-corrected chi connectivity index (χ0v) is 13.2. The number of carbonyl (C=O) groups excluding carboxylic acids is 1. The third-order valence-electron chi connectivity index (χ3n) is 2.62. The van der Waals surface area contributed by atoms with Crippen LogP contribution in [0.3, 0.4) is 0 Å². The predicted molar refractivity (Wildman–Crippen MR) is 80.9 cm³/mol. The fourth-order valence-electron chi connectivity index (χ4n) is 1.62. The van der Waals surface area contributed by atoms with Gasteiger partial charge < -0.3 is 5.32 Å². The number of hydrogen-bond donors (Lipinski definition) is 1. The van der Waals surface area contributed by atoms with Crippen LogP contribution in [0, 0.1) is 12.7 Å². The van der Waals surface area contributed by atoms with E-state index in [0.717, 1.165) is 10.0 Å². The summed E-state index contributed by atoms with van der Waals surface area (Å²) in [5.41, 5.74) is 1.50. The van der Waals surface area contributed by atoms with Gasteiger partial charge in [0, 0.05) is 14.5 Å². The summed E-state index contributed by atoms with van der Waals surface area (Å²) in [4.78, 5) is 12.1. The molecule has 1 amide bonds. The van der Waals surface area contributed by atoms with E-state index < -0.39 is 5.82 Å². The van der Waals surface area contributed by atoms with Crippen molar-refractivity contribution in [3.05, 3.63) is 62.3 Å². The normalized spacial score (nSPS) is 10.3. The Morgan fingerprint density at radius 3 is 2.42 bits per heavy atom. The minimum atomic E-state index is -0.477. The number of hydrogen-bond acceptors (Lipinski definition) is 1. The van der Waals surface area contributed by atoms with Crippen LogP contribution >= 0.6 is 31.9 Å². The van der Waals surface area contributed by atoms with Crippen molar-refractivity contribution in [3.8, 4) is 0 Å². The summed E-state index contributed by atoms with van der Waals surface area (Å²) in [6.45, 7) is 1.83. The van der Waals surface area contributed by atoms with Crippen molar-refractivity contribution in [2.45, 2.75) is 6.92 Å². The second-order valence-electron chi connectivity index (χ2n) is 4.04. The molecule has 0 bridgehead atoms. The van der Waals surface area contributed by atoms with Crippen molar-refractivity contribution < 1.29 is 9.18 Å². The van der Waals surface area contributed by atoms with Gasteiger partial charge in [-0.3, -0.25) is 4.79 Å². The highest BCUT2D eigenvalue weighted by Gasteiger charge is 2.12. The average Bonchev–Trinajstić information content (AvgIpc) is 2.35. The summed E-state index contributed by atoms with van der Waals surface area (Å²) in [6.07, 6.45) is 0. The Morgan fingerprint density at radius 2 is 1.74 bits per heavy atom. The van der Waals surface area contributed by atoms with Gasteiger partial charge in [0.25, 0.3) is 5.91 Å². The Labute approximate surface area is 127 Å². The lowest BCUT2D eigenvalue weighted by molar-refractivity contribution is 0.102. The monoisotopic (exact) mass is 385 g/mol. The largest absolute Gasteiger partial charge is 0.319 e. The van der Waals surface area contributed by atoms with Crippen molar-refractivity contribution in [2.75, 3.05) is 5.32 Å². The Morgan fingerprint density at radius 1 is 1.11 bits per heavy atom. The van der Waals surface area contributed by atoms with E-state index in [9.17, 15) is 9.18 Å². The SMILES string of the molecule is Cc1ccc(Br)cc1C(=O)Nc1ccc(Br)cc1F. The van der Waals surface area contributed by atoms with E-state index in [0.29, 0.717) is 10.0 Å². The van der Waals surface area contributed by atoms with Crippen molar-refractivity contribution in [1.29, 1.82) is 0 Å². The topological polar surface area (TPSA) is 29.1 Å². The van der Waals surface area contributed by atoms with Gasteiger partial charge in [0.2, 0.25) is 0 Å². The number of carbonyl (C=O) groups is 1. The first-order chi connectivity index (χ1) is 8.97. The Kier molecular flexibility index (Phi) is 4.37. The number of anilines is 1. The molecule has 19 heavy (non-hydrogen) atoms. The summed E-state index contributed by atoms with van der Waals surface area (Å²) < 4.78 is 15.1. The Bertz CT molecular complexity index is 643. The first-order valence-corrected chi connectivity index (χ1v) is 7.08. The molecule has 98 valence electrons. The van der Waals surface area contributed by atoms with E-state index in [2.05, 4.69) is 37.2 Å². The van der Waals surface area contributed by atoms with Crippen LogP contribution in [0.1, 0.15) is 15.9 Å². The summed E-state index contributed by atoms with van der Waals surface area (Å²) >= 11 is 6.48. The molecule has 0 fully saturated rings. The predicted octanol–water partition coefficient (Wildman–Crippen LogP) is 4.91. The lowest BCUT2D eigenvalue weighted by atomic mass is 10.1. The molecule has 0 heterocycles. The standard InChI is InChI=1S/C14H10Br2FNO/c1-8-2-3-9(15)6-11(8)14(19)18-13-5-4-10(16)7-12(13)17/h2-7H,1H3,(H,18,19). The molecule has 0 unspecified atom stereocenters. The van der Waals surface area contributed by atoms with Gasteiger partial charge in [-0.1, -0.05) is 37.9 Å². The molecule has 0 saturated carbocycles. The van der Waals surface area contributed by atoms with Crippen LogP contribution in [-0.4, -0.2) is 5.91 Å². The number of aryl methyl sites for hydroxylation is 1. The molecule has 0 aliphatic rings. The number of nitrogens with one attached hydrogen (secondary N) is 1. The van der Waals surface area contributed by atoms with Gasteiger partial charge in [-0.2, -0.15) is 0 Å². The second kappa shape index (κ2) is 5.84. The van der Waals surface area contributed by atoms with E-state index in [1.165, 1.54) is 12.1 Å². The van der Waals surface area contributed by atoms with Crippen LogP contribution in [0.25, 0.3) is 0 Å². The van der Waals surface area contributed by atoms with E-state index in [1.54, 1.807) is 12.1 Å². The van der Waals surface area contributed by atoms with Crippen molar-refractivity contribution >= 4 is 43.5 Å². The number of rotatable bonds is 2. The molecular formula is C14H10Br2FNO. The van der Waals surface area contributed by atoms with Gasteiger partial charge in [0.15, 0.2) is 0 Å². The van der Waals surface area contributed by atoms with E-state index in [1.807, 2.05) is 19.1 Å². The first kappa shape index (κ1) is 14.2. The molecule has 0 atom stereocenters. The minimum Gasteiger partial charge on any atom is -0.319 e. The third-order valence-corrected chi connectivity index (χ3v) is 3.61. The van der Waals surface area contributed by atoms with Crippen LogP contribution in [0.5, 0.6) is 0 Å². The van der Waals surface area contributed by atoms with Crippen LogP contribution in [0.15, 0.2) is 45.3 Å². The van der Waals surface area contributed by atoms with Crippen LogP contribution in [0.4, 0.5) is 10.1 Å². The van der Waals surface area contributed by atoms with Gasteiger partial charge >= 0.3 is 0 Å². The van der Waals surface area contributed by atoms with Gasteiger partial charge in [-0.25, -0.2) is 4.39 Å². The van der Waals surface area contributed by atoms with Gasteiger partial charge in [-0.15, -0.1) is 0 Å². The molecule has 2 rings (SSSR count). The lowest BCUT2D eigenvalue weighted by Crippen LogP contribution is -2.14. The molecule has 0 aromatic heterocycles. The number of benzene rings is 2. The highest BCUT2D eigenvalue weighted by Crippen LogP contribution is 2.21.